The summed E-state index contributed by atoms with van der Waals surface area (Å²) in [7, 11) is 0. The van der Waals surface area contributed by atoms with Crippen LogP contribution in [0.3, 0.4) is 0 Å². The minimum Gasteiger partial charge on any atom is -0.356 e. The molecular weight excluding hydrogens is 345 g/mol. The summed E-state index contributed by atoms with van der Waals surface area (Å²) in [6.07, 6.45) is 1.99. The minimum absolute atomic E-state index is 0.0282. The van der Waals surface area contributed by atoms with E-state index in [4.69, 9.17) is 0 Å². The molecule has 1 aliphatic heterocycles. The molecular formula is C21H32FN3O2. The molecule has 1 saturated heterocycles. The molecule has 6 heteroatoms. The van der Waals surface area contributed by atoms with Crippen molar-refractivity contribution in [2.75, 3.05) is 26.2 Å². The number of halogens is 1. The summed E-state index contributed by atoms with van der Waals surface area (Å²) in [6, 6.07) is 6.80. The van der Waals surface area contributed by atoms with Crippen LogP contribution in [0.2, 0.25) is 0 Å². The van der Waals surface area contributed by atoms with Crippen LogP contribution in [0.1, 0.15) is 39.2 Å². The van der Waals surface area contributed by atoms with Crippen LogP contribution in [-0.2, 0) is 16.0 Å². The first-order valence-corrected chi connectivity index (χ1v) is 9.89. The average Bonchev–Trinajstić information content (AvgIpc) is 2.63. The van der Waals surface area contributed by atoms with Crippen LogP contribution in [0, 0.1) is 17.7 Å². The van der Waals surface area contributed by atoms with E-state index in [1.807, 2.05) is 6.92 Å². The molecule has 0 radical (unpaired) electrons. The van der Waals surface area contributed by atoms with E-state index in [9.17, 15) is 14.0 Å². The van der Waals surface area contributed by atoms with Gasteiger partial charge in [0.15, 0.2) is 0 Å². The molecule has 0 unspecified atom stereocenters. The Kier molecular flexibility index (Phi) is 8.23. The molecule has 150 valence electrons. The molecule has 1 aromatic carbocycles. The van der Waals surface area contributed by atoms with E-state index in [0.29, 0.717) is 31.0 Å². The van der Waals surface area contributed by atoms with Crippen molar-refractivity contribution >= 4 is 11.8 Å². The van der Waals surface area contributed by atoms with E-state index in [1.165, 1.54) is 6.07 Å². The van der Waals surface area contributed by atoms with Crippen molar-refractivity contribution in [1.29, 1.82) is 0 Å². The summed E-state index contributed by atoms with van der Waals surface area (Å²) < 4.78 is 13.6. The van der Waals surface area contributed by atoms with E-state index in [0.717, 1.165) is 25.9 Å². The zero-order valence-corrected chi connectivity index (χ0v) is 16.6. The summed E-state index contributed by atoms with van der Waals surface area (Å²) in [5.74, 6) is 0.227. The van der Waals surface area contributed by atoms with Crippen LogP contribution in [-0.4, -0.2) is 48.9 Å². The summed E-state index contributed by atoms with van der Waals surface area (Å²) >= 11 is 0. The zero-order chi connectivity index (χ0) is 19.8. The fourth-order valence-corrected chi connectivity index (χ4v) is 3.19. The van der Waals surface area contributed by atoms with Crippen molar-refractivity contribution in [2.24, 2.45) is 11.8 Å². The zero-order valence-electron chi connectivity index (χ0n) is 16.6. The van der Waals surface area contributed by atoms with Crippen molar-refractivity contribution in [3.63, 3.8) is 0 Å². The number of nitrogens with one attached hydrogen (secondary N) is 2. The lowest BCUT2D eigenvalue weighted by Crippen LogP contribution is -2.46. The van der Waals surface area contributed by atoms with Gasteiger partial charge in [0.1, 0.15) is 5.82 Å². The smallest absolute Gasteiger partial charge is 0.234 e. The molecule has 27 heavy (non-hydrogen) atoms. The van der Waals surface area contributed by atoms with Gasteiger partial charge in [-0.3, -0.25) is 14.5 Å². The van der Waals surface area contributed by atoms with Crippen LogP contribution in [0.4, 0.5) is 4.39 Å². The second kappa shape index (κ2) is 10.4. The van der Waals surface area contributed by atoms with Gasteiger partial charge in [-0.05, 0) is 56.8 Å². The van der Waals surface area contributed by atoms with Crippen molar-refractivity contribution in [1.82, 2.24) is 15.5 Å². The highest BCUT2D eigenvalue weighted by atomic mass is 19.1. The third-order valence-corrected chi connectivity index (χ3v) is 5.37. The summed E-state index contributed by atoms with van der Waals surface area (Å²) in [6.45, 7) is 8.50. The number of amides is 2. The van der Waals surface area contributed by atoms with E-state index < -0.39 is 0 Å². The number of carbonyl (C=O) groups is 2. The van der Waals surface area contributed by atoms with Gasteiger partial charge in [0.25, 0.3) is 0 Å². The summed E-state index contributed by atoms with van der Waals surface area (Å²) in [5.41, 5.74) is 0.620. The Morgan fingerprint density at radius 2 is 1.85 bits per heavy atom. The van der Waals surface area contributed by atoms with Crippen LogP contribution in [0.25, 0.3) is 0 Å². The predicted octanol–water partition coefficient (Wildman–Crippen LogP) is 2.36. The fourth-order valence-electron chi connectivity index (χ4n) is 3.19. The quantitative estimate of drug-likeness (QED) is 0.731. The van der Waals surface area contributed by atoms with Crippen LogP contribution >= 0.6 is 0 Å². The van der Waals surface area contributed by atoms with Gasteiger partial charge >= 0.3 is 0 Å². The van der Waals surface area contributed by atoms with Gasteiger partial charge in [-0.1, -0.05) is 32.0 Å². The van der Waals surface area contributed by atoms with Gasteiger partial charge in [-0.25, -0.2) is 4.39 Å². The Bertz CT molecular complexity index is 628. The molecule has 2 N–H and O–H groups in total. The molecule has 0 spiro atoms. The first-order valence-electron chi connectivity index (χ1n) is 9.89. The van der Waals surface area contributed by atoms with Crippen molar-refractivity contribution in [3.8, 4) is 0 Å². The van der Waals surface area contributed by atoms with Gasteiger partial charge < -0.3 is 10.6 Å². The fraction of sp³-hybridized carbons (Fsp3) is 0.619. The topological polar surface area (TPSA) is 61.4 Å². The molecule has 1 heterocycles. The first kappa shape index (κ1) is 21.4. The average molecular weight is 378 g/mol. The molecule has 5 nitrogen and oxygen atoms in total. The number of carbonyl (C=O) groups excluding carboxylic acids is 2. The molecule has 1 aromatic rings. The number of hydrogen-bond donors (Lipinski definition) is 2. The lowest BCUT2D eigenvalue weighted by atomic mass is 9.95. The van der Waals surface area contributed by atoms with Crippen LogP contribution < -0.4 is 10.6 Å². The minimum atomic E-state index is -0.231. The number of benzene rings is 1. The van der Waals surface area contributed by atoms with Crippen LogP contribution in [0.5, 0.6) is 0 Å². The lowest BCUT2D eigenvalue weighted by molar-refractivity contribution is -0.127. The van der Waals surface area contributed by atoms with Gasteiger partial charge in [-0.2, -0.15) is 0 Å². The number of likely N-dealkylation sites (tertiary alicyclic amines) is 1. The summed E-state index contributed by atoms with van der Waals surface area (Å²) in [4.78, 5) is 26.5. The Balaban J connectivity index is 1.66. The highest BCUT2D eigenvalue weighted by molar-refractivity contribution is 5.79. The maximum absolute atomic E-state index is 13.6. The standard InChI is InChI=1S/C21H32FN3O2/c1-15(2)16(3)24-20(26)14-25-12-9-18(10-13-25)21(27)23-11-8-17-6-4-5-7-19(17)22/h4-7,15-16,18H,8-14H2,1-3H3,(H,23,27)(H,24,26)/t16-/m1/s1. The van der Waals surface area contributed by atoms with E-state index in [-0.39, 0.29) is 29.6 Å². The van der Waals surface area contributed by atoms with Crippen molar-refractivity contribution < 1.29 is 14.0 Å². The maximum Gasteiger partial charge on any atom is 0.234 e. The number of rotatable bonds is 8. The van der Waals surface area contributed by atoms with Gasteiger partial charge in [0.05, 0.1) is 6.54 Å². The Morgan fingerprint density at radius 3 is 2.48 bits per heavy atom. The number of hydrogen-bond acceptors (Lipinski definition) is 3. The van der Waals surface area contributed by atoms with E-state index >= 15 is 0 Å². The Morgan fingerprint density at radius 1 is 1.19 bits per heavy atom. The number of nitrogens with zero attached hydrogens (tertiary/aromatic N) is 1. The van der Waals surface area contributed by atoms with Gasteiger partial charge in [-0.15, -0.1) is 0 Å². The first-order chi connectivity index (χ1) is 12.9. The Hall–Kier alpha value is -1.95. The molecule has 2 rings (SSSR count). The lowest BCUT2D eigenvalue weighted by Gasteiger charge is -2.31. The largest absolute Gasteiger partial charge is 0.356 e. The monoisotopic (exact) mass is 377 g/mol. The Labute approximate surface area is 161 Å². The maximum atomic E-state index is 13.6. The molecule has 0 aromatic heterocycles. The molecule has 0 aliphatic carbocycles. The highest BCUT2D eigenvalue weighted by Crippen LogP contribution is 2.17. The molecule has 1 aliphatic rings. The third-order valence-electron chi connectivity index (χ3n) is 5.37. The van der Waals surface area contributed by atoms with Crippen molar-refractivity contribution in [2.45, 2.75) is 46.1 Å². The SMILES string of the molecule is CC(C)[C@@H](C)NC(=O)CN1CCC(C(=O)NCCc2ccccc2F)CC1. The van der Waals surface area contributed by atoms with Crippen molar-refractivity contribution in [3.05, 3.63) is 35.6 Å². The second-order valence-electron chi connectivity index (χ2n) is 7.78. The third kappa shape index (κ3) is 6.94. The van der Waals surface area contributed by atoms with Gasteiger partial charge in [0.2, 0.25) is 11.8 Å². The normalized spacial score (nSPS) is 16.9. The van der Waals surface area contributed by atoms with E-state index in [2.05, 4.69) is 29.4 Å². The van der Waals surface area contributed by atoms with Crippen LogP contribution in [0.15, 0.2) is 24.3 Å². The van der Waals surface area contributed by atoms with Gasteiger partial charge in [0, 0.05) is 18.5 Å². The van der Waals surface area contributed by atoms with E-state index in [1.54, 1.807) is 18.2 Å². The molecule has 0 saturated carbocycles. The summed E-state index contributed by atoms with van der Waals surface area (Å²) in [5, 5.41) is 5.94. The molecule has 2 amide bonds. The molecule has 1 atom stereocenters. The second-order valence-corrected chi connectivity index (χ2v) is 7.78. The molecule has 0 bridgehead atoms. The molecule has 1 fully saturated rings. The number of piperidine rings is 1. The highest BCUT2D eigenvalue weighted by Gasteiger charge is 2.26. The predicted molar refractivity (Wildman–Crippen MR) is 105 cm³/mol.